The van der Waals surface area contributed by atoms with Crippen molar-refractivity contribution in [2.24, 2.45) is 0 Å². The van der Waals surface area contributed by atoms with Crippen LogP contribution in [0.15, 0.2) is 48.5 Å². The summed E-state index contributed by atoms with van der Waals surface area (Å²) in [7, 11) is 0. The molecule has 0 saturated carbocycles. The maximum Gasteiger partial charge on any atom is 0.131 e. The van der Waals surface area contributed by atoms with Crippen molar-refractivity contribution in [3.8, 4) is 11.1 Å². The molecule has 0 nitrogen and oxygen atoms in total. The molecule has 0 aromatic heterocycles. The number of fused-ring (bicyclic) bond motifs is 1. The first-order chi connectivity index (χ1) is 9.59. The van der Waals surface area contributed by atoms with Gasteiger partial charge in [-0.25, -0.2) is 4.39 Å². The molecule has 20 heavy (non-hydrogen) atoms. The van der Waals surface area contributed by atoms with E-state index in [1.165, 1.54) is 6.07 Å². The molecule has 0 heterocycles. The van der Waals surface area contributed by atoms with Gasteiger partial charge in [0, 0.05) is 10.9 Å². The van der Waals surface area contributed by atoms with Crippen LogP contribution in [-0.4, -0.2) is 0 Å². The van der Waals surface area contributed by atoms with Crippen molar-refractivity contribution in [3.63, 3.8) is 0 Å². The van der Waals surface area contributed by atoms with Crippen LogP contribution < -0.4 is 0 Å². The zero-order valence-electron chi connectivity index (χ0n) is 10.1. The summed E-state index contributed by atoms with van der Waals surface area (Å²) in [4.78, 5) is 0. The minimum absolute atomic E-state index is 0.263. The van der Waals surface area contributed by atoms with Crippen molar-refractivity contribution < 1.29 is 4.39 Å². The Bertz CT molecular complexity index is 812. The lowest BCUT2D eigenvalue weighted by Gasteiger charge is -2.11. The molecule has 0 amide bonds. The fourth-order valence-corrected chi connectivity index (χ4v) is 2.87. The first-order valence-electron chi connectivity index (χ1n) is 5.90. The van der Waals surface area contributed by atoms with Gasteiger partial charge in [-0.3, -0.25) is 0 Å². The predicted octanol–water partition coefficient (Wildman–Crippen LogP) is 6.61. The van der Waals surface area contributed by atoms with Crippen LogP contribution in [0, 0.1) is 5.82 Å². The fourth-order valence-electron chi connectivity index (χ4n) is 2.23. The summed E-state index contributed by atoms with van der Waals surface area (Å²) in [5.74, 6) is -0.263. The van der Waals surface area contributed by atoms with Gasteiger partial charge in [-0.05, 0) is 23.1 Å². The van der Waals surface area contributed by atoms with Crippen molar-refractivity contribution in [1.29, 1.82) is 0 Å². The second-order valence-electron chi connectivity index (χ2n) is 4.36. The molecule has 0 bridgehead atoms. The average molecular weight is 326 g/mol. The molecule has 3 rings (SSSR count). The maximum atomic E-state index is 13.8. The molecule has 100 valence electrons. The summed E-state index contributed by atoms with van der Waals surface area (Å²) >= 11 is 18.3. The highest BCUT2D eigenvalue weighted by molar-refractivity contribution is 6.49. The largest absolute Gasteiger partial charge is 0.206 e. The first-order valence-corrected chi connectivity index (χ1v) is 7.04. The Kier molecular flexibility index (Phi) is 3.59. The Morgan fingerprint density at radius 1 is 0.650 bits per heavy atom. The summed E-state index contributed by atoms with van der Waals surface area (Å²) in [6, 6.07) is 13.8. The van der Waals surface area contributed by atoms with Gasteiger partial charge >= 0.3 is 0 Å². The summed E-state index contributed by atoms with van der Waals surface area (Å²) in [5.41, 5.74) is 1.56. The lowest BCUT2D eigenvalue weighted by Crippen LogP contribution is -1.87. The van der Waals surface area contributed by atoms with Crippen LogP contribution in [0.5, 0.6) is 0 Å². The number of hydrogen-bond donors (Lipinski definition) is 0. The van der Waals surface area contributed by atoms with Crippen LogP contribution in [0.3, 0.4) is 0 Å². The van der Waals surface area contributed by atoms with E-state index in [4.69, 9.17) is 34.8 Å². The summed E-state index contributed by atoms with van der Waals surface area (Å²) in [5, 5.41) is 2.40. The Morgan fingerprint density at radius 3 is 2.05 bits per heavy atom. The van der Waals surface area contributed by atoms with Crippen LogP contribution in [0.25, 0.3) is 21.9 Å². The van der Waals surface area contributed by atoms with Crippen molar-refractivity contribution in [2.45, 2.75) is 0 Å². The van der Waals surface area contributed by atoms with E-state index in [9.17, 15) is 4.39 Å². The number of rotatable bonds is 1. The van der Waals surface area contributed by atoms with Crippen molar-refractivity contribution in [3.05, 3.63) is 69.4 Å². The topological polar surface area (TPSA) is 0 Å². The molecule has 0 fully saturated rings. The lowest BCUT2D eigenvalue weighted by molar-refractivity contribution is 0.640. The van der Waals surface area contributed by atoms with E-state index < -0.39 is 0 Å². The van der Waals surface area contributed by atoms with E-state index in [2.05, 4.69) is 0 Å². The monoisotopic (exact) mass is 324 g/mol. The zero-order valence-corrected chi connectivity index (χ0v) is 12.4. The van der Waals surface area contributed by atoms with E-state index in [0.717, 1.165) is 16.5 Å². The first kappa shape index (κ1) is 13.7. The lowest BCUT2D eigenvalue weighted by atomic mass is 9.98. The minimum atomic E-state index is -0.263. The number of hydrogen-bond acceptors (Lipinski definition) is 0. The van der Waals surface area contributed by atoms with Crippen LogP contribution in [0.1, 0.15) is 0 Å². The summed E-state index contributed by atoms with van der Waals surface area (Å²) < 4.78 is 13.8. The van der Waals surface area contributed by atoms with Crippen LogP contribution in [0.2, 0.25) is 15.1 Å². The van der Waals surface area contributed by atoms with E-state index in [-0.39, 0.29) is 5.82 Å². The molecule has 0 aliphatic heterocycles. The van der Waals surface area contributed by atoms with Crippen LogP contribution >= 0.6 is 34.8 Å². The highest BCUT2D eigenvalue weighted by atomic mass is 35.5. The van der Waals surface area contributed by atoms with Gasteiger partial charge in [-0.15, -0.1) is 0 Å². The van der Waals surface area contributed by atoms with Gasteiger partial charge in [0.1, 0.15) is 5.82 Å². The predicted molar refractivity (Wildman–Crippen MR) is 84.4 cm³/mol. The summed E-state index contributed by atoms with van der Waals surface area (Å²) in [6.07, 6.45) is 0. The third kappa shape index (κ3) is 2.16. The molecular weight excluding hydrogens is 318 g/mol. The van der Waals surface area contributed by atoms with E-state index in [1.54, 1.807) is 30.3 Å². The Labute approximate surface area is 130 Å². The van der Waals surface area contributed by atoms with E-state index in [1.807, 2.05) is 12.1 Å². The van der Waals surface area contributed by atoms with Gasteiger partial charge in [-0.1, -0.05) is 71.2 Å². The summed E-state index contributed by atoms with van der Waals surface area (Å²) in [6.45, 7) is 0. The maximum absolute atomic E-state index is 13.8. The van der Waals surface area contributed by atoms with Crippen molar-refractivity contribution in [2.75, 3.05) is 0 Å². The zero-order chi connectivity index (χ0) is 14.3. The van der Waals surface area contributed by atoms with Crippen LogP contribution in [0.4, 0.5) is 4.39 Å². The molecule has 0 N–H and O–H groups in total. The molecule has 3 aromatic rings. The third-order valence-electron chi connectivity index (χ3n) is 3.20. The average Bonchev–Trinajstić information content (AvgIpc) is 2.47. The smallest absolute Gasteiger partial charge is 0.131 e. The molecule has 0 unspecified atom stereocenters. The second-order valence-corrected chi connectivity index (χ2v) is 5.53. The van der Waals surface area contributed by atoms with Gasteiger partial charge in [-0.2, -0.15) is 0 Å². The molecule has 0 aliphatic rings. The second kappa shape index (κ2) is 5.25. The number of benzene rings is 3. The van der Waals surface area contributed by atoms with Crippen molar-refractivity contribution in [1.82, 2.24) is 0 Å². The molecule has 3 aromatic carbocycles. The van der Waals surface area contributed by atoms with E-state index >= 15 is 0 Å². The number of halogens is 4. The molecule has 0 aliphatic carbocycles. The molecule has 0 saturated heterocycles. The SMILES string of the molecule is Fc1ccc(-c2ccc(Cl)c(Cl)c2Cl)c2ccccc12. The Balaban J connectivity index is 2.36. The van der Waals surface area contributed by atoms with Gasteiger partial charge in [0.25, 0.3) is 0 Å². The fraction of sp³-hybridized carbons (Fsp3) is 0. The van der Waals surface area contributed by atoms with Crippen LogP contribution in [-0.2, 0) is 0 Å². The molecule has 4 heteroatoms. The molecule has 0 radical (unpaired) electrons. The standard InChI is InChI=1S/C16H8Cl3F/c17-13-7-5-12(15(18)16(13)19)10-6-8-14(20)11-4-2-1-3-9(10)11/h1-8H. The minimum Gasteiger partial charge on any atom is -0.206 e. The highest BCUT2D eigenvalue weighted by Crippen LogP contribution is 2.40. The Hall–Kier alpha value is -1.28. The molecular formula is C16H8Cl3F. The van der Waals surface area contributed by atoms with Gasteiger partial charge in [0.2, 0.25) is 0 Å². The normalized spacial score (nSPS) is 11.0. The van der Waals surface area contributed by atoms with Crippen molar-refractivity contribution >= 4 is 45.6 Å². The van der Waals surface area contributed by atoms with E-state index in [0.29, 0.717) is 20.5 Å². The highest BCUT2D eigenvalue weighted by Gasteiger charge is 2.13. The third-order valence-corrected chi connectivity index (χ3v) is 4.49. The van der Waals surface area contributed by atoms with Gasteiger partial charge in [0.05, 0.1) is 15.1 Å². The Morgan fingerprint density at radius 2 is 1.30 bits per heavy atom. The van der Waals surface area contributed by atoms with Gasteiger partial charge in [0.15, 0.2) is 0 Å². The van der Waals surface area contributed by atoms with Gasteiger partial charge < -0.3 is 0 Å². The molecule has 0 spiro atoms. The molecule has 0 atom stereocenters. The quantitative estimate of drug-likeness (QED) is 0.442.